The van der Waals surface area contributed by atoms with Gasteiger partial charge in [-0.15, -0.1) is 0 Å². The van der Waals surface area contributed by atoms with Crippen molar-refractivity contribution in [1.29, 1.82) is 0 Å². The Kier molecular flexibility index (Phi) is 4.47. The quantitative estimate of drug-likeness (QED) is 0.399. The molecule has 1 N–H and O–H groups in total. The van der Waals surface area contributed by atoms with Gasteiger partial charge in [-0.1, -0.05) is 6.07 Å². The third-order valence-electron chi connectivity index (χ3n) is 3.55. The molecule has 0 aliphatic carbocycles. The normalized spacial score (nSPS) is 10.7. The number of rotatable bonds is 3. The average Bonchev–Trinajstić information content (AvgIpc) is 3.04. The molecule has 0 aromatic carbocycles. The van der Waals surface area contributed by atoms with E-state index in [2.05, 4.69) is 36.3 Å². The Labute approximate surface area is 160 Å². The number of hydrogen-bond acceptors (Lipinski definition) is 5. The molecule has 0 unspecified atom stereocenters. The molecule has 10 heteroatoms. The maximum absolute atomic E-state index is 14.2. The molecule has 27 heavy (non-hydrogen) atoms. The Morgan fingerprint density at radius 3 is 2.93 bits per heavy atom. The van der Waals surface area contributed by atoms with Gasteiger partial charge in [0, 0.05) is 12.3 Å². The molecule has 0 aliphatic rings. The van der Waals surface area contributed by atoms with Crippen molar-refractivity contribution in [1.82, 2.24) is 19.6 Å². The van der Waals surface area contributed by atoms with Gasteiger partial charge in [-0.3, -0.25) is 10.3 Å². The first-order valence-corrected chi connectivity index (χ1v) is 8.51. The van der Waals surface area contributed by atoms with Crippen LogP contribution in [-0.2, 0) is 0 Å². The minimum absolute atomic E-state index is 0.255. The van der Waals surface area contributed by atoms with Crippen LogP contribution in [-0.4, -0.2) is 25.7 Å². The van der Waals surface area contributed by atoms with Crippen molar-refractivity contribution in [2.75, 3.05) is 5.32 Å². The van der Waals surface area contributed by atoms with E-state index in [1.54, 1.807) is 30.5 Å². The van der Waals surface area contributed by atoms with Crippen molar-refractivity contribution < 1.29 is 18.5 Å². The van der Waals surface area contributed by atoms with E-state index < -0.39 is 12.0 Å². The molecule has 0 fully saturated rings. The lowest BCUT2D eigenvalue weighted by molar-refractivity contribution is -0.631. The Morgan fingerprint density at radius 1 is 1.26 bits per heavy atom. The second-order valence-electron chi connectivity index (χ2n) is 5.32. The van der Waals surface area contributed by atoms with Crippen LogP contribution in [0.25, 0.3) is 11.5 Å². The van der Waals surface area contributed by atoms with Gasteiger partial charge in [0.25, 0.3) is 11.6 Å². The Balaban J connectivity index is 1.73. The van der Waals surface area contributed by atoms with Gasteiger partial charge in [-0.2, -0.15) is 18.6 Å². The van der Waals surface area contributed by atoms with Gasteiger partial charge >= 0.3 is 11.9 Å². The summed E-state index contributed by atoms with van der Waals surface area (Å²) >= 11 is 3.35. The van der Waals surface area contributed by atoms with Crippen LogP contribution in [0.1, 0.15) is 0 Å². The van der Waals surface area contributed by atoms with E-state index >= 15 is 0 Å². The summed E-state index contributed by atoms with van der Waals surface area (Å²) in [6.45, 7) is 0. The minimum Gasteiger partial charge on any atom is -0.408 e. The van der Waals surface area contributed by atoms with Crippen LogP contribution in [0.2, 0.25) is 0 Å². The van der Waals surface area contributed by atoms with Crippen LogP contribution in [0, 0.1) is 5.95 Å². The molecule has 4 rings (SSSR count). The fourth-order valence-corrected chi connectivity index (χ4v) is 2.74. The average molecular weight is 430 g/mol. The standard InChI is InChI=1S/C17H10BrFN6O2/c18-12-10-21-25-15(23-17(26)27-11-4-3-6-20-9-11)8-14(22-16(12)25)24-7-2-1-5-13(24)19/h1-10H/p+1. The van der Waals surface area contributed by atoms with Crippen molar-refractivity contribution in [3.05, 3.63) is 71.6 Å². The fraction of sp³-hybridized carbons (Fsp3) is 0. The number of nitrogens with zero attached hydrogens (tertiary/aromatic N) is 5. The van der Waals surface area contributed by atoms with Gasteiger partial charge in [0.2, 0.25) is 0 Å². The molecular formula is C17H11BrFN6O2+. The molecule has 1 amide bonds. The highest BCUT2D eigenvalue weighted by Gasteiger charge is 2.22. The van der Waals surface area contributed by atoms with Crippen LogP contribution in [0.15, 0.2) is 65.7 Å². The molecule has 0 bridgehead atoms. The van der Waals surface area contributed by atoms with Crippen molar-refractivity contribution >= 4 is 33.5 Å². The molecule has 4 heterocycles. The summed E-state index contributed by atoms with van der Waals surface area (Å²) in [5.74, 6) is 0.295. The van der Waals surface area contributed by atoms with E-state index in [0.717, 1.165) is 0 Å². The third-order valence-corrected chi connectivity index (χ3v) is 4.11. The molecule has 134 valence electrons. The second-order valence-corrected chi connectivity index (χ2v) is 6.18. The van der Waals surface area contributed by atoms with E-state index in [1.807, 2.05) is 0 Å². The van der Waals surface area contributed by atoms with Gasteiger partial charge < -0.3 is 4.74 Å². The molecule has 0 saturated carbocycles. The number of anilines is 1. The fourth-order valence-electron chi connectivity index (χ4n) is 2.39. The summed E-state index contributed by atoms with van der Waals surface area (Å²) in [6, 6.07) is 9.28. The van der Waals surface area contributed by atoms with Crippen molar-refractivity contribution in [2.45, 2.75) is 0 Å². The van der Waals surface area contributed by atoms with E-state index in [-0.39, 0.29) is 17.4 Å². The zero-order valence-corrected chi connectivity index (χ0v) is 15.2. The first-order valence-electron chi connectivity index (χ1n) is 7.71. The van der Waals surface area contributed by atoms with Crippen molar-refractivity contribution in [3.63, 3.8) is 0 Å². The SMILES string of the molecule is O=C(Nc1cc(-[n+]2ccccc2F)nc2c(Br)cnn12)Oc1cccnc1. The number of ether oxygens (including phenoxy) is 1. The predicted molar refractivity (Wildman–Crippen MR) is 96.1 cm³/mol. The molecular weight excluding hydrogens is 419 g/mol. The number of halogens is 2. The first kappa shape index (κ1) is 17.0. The maximum atomic E-state index is 14.2. The number of aromatic nitrogens is 5. The Bertz CT molecular complexity index is 1130. The molecule has 8 nitrogen and oxygen atoms in total. The molecule has 0 aliphatic heterocycles. The van der Waals surface area contributed by atoms with Gasteiger partial charge in [0.1, 0.15) is 10.3 Å². The summed E-state index contributed by atoms with van der Waals surface area (Å²) < 4.78 is 22.6. The van der Waals surface area contributed by atoms with Crippen LogP contribution in [0.4, 0.5) is 15.0 Å². The summed E-state index contributed by atoms with van der Waals surface area (Å²) in [5, 5.41) is 6.75. The first-order chi connectivity index (χ1) is 13.1. The predicted octanol–water partition coefficient (Wildman–Crippen LogP) is 2.91. The lowest BCUT2D eigenvalue weighted by Crippen LogP contribution is -2.36. The van der Waals surface area contributed by atoms with Crippen LogP contribution >= 0.6 is 15.9 Å². The minimum atomic E-state index is -0.744. The van der Waals surface area contributed by atoms with Gasteiger partial charge in [0.15, 0.2) is 5.75 Å². The number of amides is 1. The maximum Gasteiger partial charge on any atom is 0.418 e. The Hall–Kier alpha value is -3.40. The number of pyridine rings is 2. The topological polar surface area (TPSA) is 85.3 Å². The summed E-state index contributed by atoms with van der Waals surface area (Å²) in [7, 11) is 0. The largest absolute Gasteiger partial charge is 0.418 e. The molecule has 4 aromatic rings. The number of fused-ring (bicyclic) bond motifs is 1. The zero-order valence-electron chi connectivity index (χ0n) is 13.6. The summed E-state index contributed by atoms with van der Waals surface area (Å²) in [6.07, 6.45) is 5.28. The van der Waals surface area contributed by atoms with Crippen LogP contribution in [0.5, 0.6) is 5.75 Å². The van der Waals surface area contributed by atoms with Crippen LogP contribution < -0.4 is 14.6 Å². The zero-order chi connectivity index (χ0) is 18.8. The summed E-state index contributed by atoms with van der Waals surface area (Å²) in [4.78, 5) is 20.5. The number of carbonyl (C=O) groups is 1. The number of nitrogens with one attached hydrogen (secondary N) is 1. The van der Waals surface area contributed by atoms with Crippen molar-refractivity contribution in [3.8, 4) is 11.6 Å². The van der Waals surface area contributed by atoms with Gasteiger partial charge in [-0.25, -0.2) is 4.79 Å². The monoisotopic (exact) mass is 429 g/mol. The van der Waals surface area contributed by atoms with E-state index in [9.17, 15) is 9.18 Å². The molecule has 0 radical (unpaired) electrons. The molecule has 0 saturated heterocycles. The summed E-state index contributed by atoms with van der Waals surface area (Å²) in [5.41, 5.74) is 0.403. The number of hydrogen-bond donors (Lipinski definition) is 1. The lowest BCUT2D eigenvalue weighted by atomic mass is 10.4. The third kappa shape index (κ3) is 3.47. The smallest absolute Gasteiger partial charge is 0.408 e. The highest BCUT2D eigenvalue weighted by Crippen LogP contribution is 2.21. The Morgan fingerprint density at radius 2 is 2.15 bits per heavy atom. The van der Waals surface area contributed by atoms with Gasteiger partial charge in [0.05, 0.1) is 24.7 Å². The number of carbonyl (C=O) groups excluding carboxylic acids is 1. The molecule has 4 aromatic heterocycles. The van der Waals surface area contributed by atoms with E-state index in [4.69, 9.17) is 4.74 Å². The second kappa shape index (κ2) is 7.08. The van der Waals surface area contributed by atoms with Crippen LogP contribution in [0.3, 0.4) is 0 Å². The van der Waals surface area contributed by atoms with E-state index in [0.29, 0.717) is 10.1 Å². The molecule has 0 spiro atoms. The van der Waals surface area contributed by atoms with E-state index in [1.165, 1.54) is 39.8 Å². The molecule has 0 atom stereocenters. The van der Waals surface area contributed by atoms with Gasteiger partial charge in [-0.05, 0) is 39.1 Å². The highest BCUT2D eigenvalue weighted by molar-refractivity contribution is 9.10. The highest BCUT2D eigenvalue weighted by atomic mass is 79.9. The van der Waals surface area contributed by atoms with Crippen molar-refractivity contribution in [2.24, 2.45) is 0 Å². The lowest BCUT2D eigenvalue weighted by Gasteiger charge is -2.07.